The van der Waals surface area contributed by atoms with Crippen molar-refractivity contribution >= 4 is 23.2 Å². The summed E-state index contributed by atoms with van der Waals surface area (Å²) in [4.78, 5) is 28.3. The third kappa shape index (κ3) is 4.20. The largest absolute Gasteiger partial charge is 0.455 e. The summed E-state index contributed by atoms with van der Waals surface area (Å²) < 4.78 is 6.96. The highest BCUT2D eigenvalue weighted by molar-refractivity contribution is 7.07. The second kappa shape index (κ2) is 7.57. The Morgan fingerprint density at radius 2 is 2.04 bits per heavy atom. The molecular weight excluding hydrogens is 324 g/mol. The highest BCUT2D eigenvalue weighted by Gasteiger charge is 2.27. The lowest BCUT2D eigenvalue weighted by Gasteiger charge is -2.22. The molecule has 6 heteroatoms. The molecule has 1 saturated carbocycles. The molecule has 0 atom stereocenters. The van der Waals surface area contributed by atoms with Crippen molar-refractivity contribution in [2.24, 2.45) is 10.9 Å². The Hall–Kier alpha value is -2.21. The van der Waals surface area contributed by atoms with Gasteiger partial charge in [-0.3, -0.25) is 9.59 Å². The van der Waals surface area contributed by atoms with Crippen LogP contribution >= 0.6 is 11.3 Å². The van der Waals surface area contributed by atoms with Crippen molar-refractivity contribution in [3.8, 4) is 0 Å². The van der Waals surface area contributed by atoms with Crippen molar-refractivity contribution in [3.63, 3.8) is 0 Å². The van der Waals surface area contributed by atoms with E-state index in [-0.39, 0.29) is 18.5 Å². The molecule has 0 spiro atoms. The fourth-order valence-corrected chi connectivity index (χ4v) is 3.18. The number of rotatable bonds is 5. The number of hydrogen-bond acceptors (Lipinski definition) is 4. The van der Waals surface area contributed by atoms with Crippen LogP contribution < -0.4 is 4.80 Å². The lowest BCUT2D eigenvalue weighted by atomic mass is 9.86. The predicted octanol–water partition coefficient (Wildman–Crippen LogP) is 2.68. The first-order valence-electron chi connectivity index (χ1n) is 8.05. The van der Waals surface area contributed by atoms with Crippen LogP contribution in [-0.2, 0) is 20.9 Å². The number of thiazole rings is 1. The van der Waals surface area contributed by atoms with Crippen LogP contribution in [0, 0.1) is 12.8 Å². The molecule has 3 rings (SSSR count). The summed E-state index contributed by atoms with van der Waals surface area (Å²) in [6, 6.07) is 8.24. The molecule has 1 fully saturated rings. The van der Waals surface area contributed by atoms with Crippen molar-refractivity contribution in [2.45, 2.75) is 32.7 Å². The highest BCUT2D eigenvalue weighted by Crippen LogP contribution is 2.27. The Morgan fingerprint density at radius 3 is 2.71 bits per heavy atom. The van der Waals surface area contributed by atoms with Crippen molar-refractivity contribution in [3.05, 3.63) is 51.8 Å². The molecule has 24 heavy (non-hydrogen) atoms. The number of ether oxygens (including phenoxy) is 1. The van der Waals surface area contributed by atoms with Crippen LogP contribution in [0.3, 0.4) is 0 Å². The summed E-state index contributed by atoms with van der Waals surface area (Å²) in [7, 11) is 0. The summed E-state index contributed by atoms with van der Waals surface area (Å²) in [5.41, 5.74) is 2.35. The van der Waals surface area contributed by atoms with E-state index in [4.69, 9.17) is 4.74 Å². The average Bonchev–Trinajstić information content (AvgIpc) is 2.93. The number of amides is 1. The number of aryl methyl sites for hydroxylation is 1. The van der Waals surface area contributed by atoms with Gasteiger partial charge in [0.1, 0.15) is 0 Å². The molecule has 1 amide bonds. The number of aromatic nitrogens is 1. The lowest BCUT2D eigenvalue weighted by molar-refractivity contribution is -0.154. The minimum Gasteiger partial charge on any atom is -0.455 e. The summed E-state index contributed by atoms with van der Waals surface area (Å²) in [6.07, 6.45) is 4.70. The second-order valence-electron chi connectivity index (χ2n) is 6.04. The molecule has 0 saturated heterocycles. The van der Waals surface area contributed by atoms with Gasteiger partial charge in [0, 0.05) is 18.1 Å². The van der Waals surface area contributed by atoms with Crippen LogP contribution in [-0.4, -0.2) is 23.1 Å². The van der Waals surface area contributed by atoms with E-state index in [2.05, 4.69) is 29.3 Å². The monoisotopic (exact) mass is 344 g/mol. The fraction of sp³-hybridized carbons (Fsp3) is 0.389. The SMILES string of the molecule is Cc1ccc(Cn2ccsc2=NC(=O)COC(=O)C2CCC2)cc1. The van der Waals surface area contributed by atoms with E-state index in [1.165, 1.54) is 16.9 Å². The summed E-state index contributed by atoms with van der Waals surface area (Å²) in [5.74, 6) is -0.725. The van der Waals surface area contributed by atoms with Gasteiger partial charge in [-0.05, 0) is 25.3 Å². The maximum atomic E-state index is 11.9. The van der Waals surface area contributed by atoms with Crippen LogP contribution in [0.25, 0.3) is 0 Å². The molecule has 1 aliphatic rings. The summed E-state index contributed by atoms with van der Waals surface area (Å²) >= 11 is 1.39. The number of carbonyl (C=O) groups is 2. The van der Waals surface area contributed by atoms with Gasteiger partial charge in [-0.25, -0.2) is 0 Å². The Labute approximate surface area is 144 Å². The van der Waals surface area contributed by atoms with Gasteiger partial charge in [0.2, 0.25) is 0 Å². The number of hydrogen-bond donors (Lipinski definition) is 0. The van der Waals surface area contributed by atoms with Gasteiger partial charge in [0.25, 0.3) is 5.91 Å². The fourth-order valence-electron chi connectivity index (χ4n) is 2.43. The Bertz CT molecular complexity index is 785. The van der Waals surface area contributed by atoms with E-state index >= 15 is 0 Å². The first-order valence-corrected chi connectivity index (χ1v) is 8.93. The second-order valence-corrected chi connectivity index (χ2v) is 6.91. The van der Waals surface area contributed by atoms with E-state index in [0.29, 0.717) is 11.3 Å². The van der Waals surface area contributed by atoms with Crippen LogP contribution in [0.15, 0.2) is 40.8 Å². The molecule has 5 nitrogen and oxygen atoms in total. The molecule has 0 bridgehead atoms. The maximum absolute atomic E-state index is 11.9. The molecular formula is C18H20N2O3S. The van der Waals surface area contributed by atoms with E-state index in [9.17, 15) is 9.59 Å². The molecule has 1 aromatic heterocycles. The van der Waals surface area contributed by atoms with Crippen LogP contribution in [0.2, 0.25) is 0 Å². The molecule has 1 heterocycles. The first-order chi connectivity index (χ1) is 11.6. The highest BCUT2D eigenvalue weighted by atomic mass is 32.1. The topological polar surface area (TPSA) is 60.7 Å². The quantitative estimate of drug-likeness (QED) is 0.784. The first kappa shape index (κ1) is 16.6. The Kier molecular flexibility index (Phi) is 5.25. The number of esters is 1. The molecule has 0 unspecified atom stereocenters. The third-order valence-electron chi connectivity index (χ3n) is 4.13. The zero-order chi connectivity index (χ0) is 16.9. The van der Waals surface area contributed by atoms with Crippen LogP contribution in [0.1, 0.15) is 30.4 Å². The minimum absolute atomic E-state index is 0.0222. The van der Waals surface area contributed by atoms with E-state index in [0.717, 1.165) is 24.8 Å². The van der Waals surface area contributed by atoms with Gasteiger partial charge >= 0.3 is 5.97 Å². The normalized spacial score (nSPS) is 15.1. The van der Waals surface area contributed by atoms with Crippen molar-refractivity contribution in [1.29, 1.82) is 0 Å². The smallest absolute Gasteiger partial charge is 0.309 e. The molecule has 1 aliphatic carbocycles. The van der Waals surface area contributed by atoms with E-state index < -0.39 is 5.91 Å². The van der Waals surface area contributed by atoms with Gasteiger partial charge in [-0.15, -0.1) is 11.3 Å². The minimum atomic E-state index is -0.428. The number of benzene rings is 1. The standard InChI is InChI=1S/C18H20N2O3S/c1-13-5-7-14(8-6-13)11-20-9-10-24-18(20)19-16(21)12-23-17(22)15-3-2-4-15/h5-10,15H,2-4,11-12H2,1H3. The number of nitrogens with zero attached hydrogens (tertiary/aromatic N) is 2. The van der Waals surface area contributed by atoms with Crippen LogP contribution in [0.4, 0.5) is 0 Å². The number of carbonyl (C=O) groups excluding carboxylic acids is 2. The predicted molar refractivity (Wildman–Crippen MR) is 91.5 cm³/mol. The van der Waals surface area contributed by atoms with Gasteiger partial charge in [-0.2, -0.15) is 4.99 Å². The molecule has 0 radical (unpaired) electrons. The Morgan fingerprint density at radius 1 is 1.29 bits per heavy atom. The molecule has 1 aromatic carbocycles. The Balaban J connectivity index is 1.62. The zero-order valence-electron chi connectivity index (χ0n) is 13.6. The zero-order valence-corrected chi connectivity index (χ0v) is 14.4. The van der Waals surface area contributed by atoms with Gasteiger partial charge < -0.3 is 9.30 Å². The summed E-state index contributed by atoms with van der Waals surface area (Å²) in [6.45, 7) is 2.42. The molecule has 0 aliphatic heterocycles. The van der Waals surface area contributed by atoms with Gasteiger partial charge in [0.05, 0.1) is 5.92 Å². The van der Waals surface area contributed by atoms with E-state index in [1.54, 1.807) is 0 Å². The van der Waals surface area contributed by atoms with Crippen molar-refractivity contribution in [1.82, 2.24) is 4.57 Å². The maximum Gasteiger partial charge on any atom is 0.309 e. The van der Waals surface area contributed by atoms with Gasteiger partial charge in [-0.1, -0.05) is 36.2 Å². The average molecular weight is 344 g/mol. The van der Waals surface area contributed by atoms with Gasteiger partial charge in [0.15, 0.2) is 11.4 Å². The lowest BCUT2D eigenvalue weighted by Crippen LogP contribution is -2.26. The van der Waals surface area contributed by atoms with E-state index in [1.807, 2.05) is 23.1 Å². The summed E-state index contributed by atoms with van der Waals surface area (Å²) in [5, 5.41) is 1.89. The van der Waals surface area contributed by atoms with Crippen molar-refractivity contribution in [2.75, 3.05) is 6.61 Å². The van der Waals surface area contributed by atoms with Crippen LogP contribution in [0.5, 0.6) is 0 Å². The molecule has 0 N–H and O–H groups in total. The molecule has 126 valence electrons. The van der Waals surface area contributed by atoms with Crippen molar-refractivity contribution < 1.29 is 14.3 Å². The third-order valence-corrected chi connectivity index (χ3v) is 4.92. The molecule has 2 aromatic rings.